The molecule has 112 valence electrons. The van der Waals surface area contributed by atoms with Gasteiger partial charge in [0.25, 0.3) is 0 Å². The summed E-state index contributed by atoms with van der Waals surface area (Å²) in [6.07, 6.45) is 3.03. The number of rotatable bonds is 6. The first-order valence-electron chi connectivity index (χ1n) is 6.42. The van der Waals surface area contributed by atoms with E-state index in [1.165, 1.54) is 13.4 Å². The second-order valence-corrected chi connectivity index (χ2v) is 4.14. The zero-order valence-corrected chi connectivity index (χ0v) is 11.9. The van der Waals surface area contributed by atoms with Crippen molar-refractivity contribution in [3.05, 3.63) is 36.0 Å². The van der Waals surface area contributed by atoms with Gasteiger partial charge in [-0.05, 0) is 19.1 Å². The van der Waals surface area contributed by atoms with Crippen LogP contribution in [0.25, 0.3) is 0 Å². The van der Waals surface area contributed by atoms with Gasteiger partial charge < -0.3 is 24.9 Å². The summed E-state index contributed by atoms with van der Waals surface area (Å²) >= 11 is 0. The molecule has 3 N–H and O–H groups in total. The summed E-state index contributed by atoms with van der Waals surface area (Å²) < 4.78 is 15.3. The topological polar surface area (TPSA) is 99.6 Å². The number of ether oxygens (including phenoxy) is 2. The summed E-state index contributed by atoms with van der Waals surface area (Å²) in [6.45, 7) is 2.38. The number of oxazole rings is 1. The fraction of sp³-hybridized carbons (Fsp3) is 0.286. The summed E-state index contributed by atoms with van der Waals surface area (Å²) in [5.41, 5.74) is 7.30. The number of carbonyl (C=O) groups excluding carboxylic acids is 1. The van der Waals surface area contributed by atoms with Crippen LogP contribution < -0.4 is 15.8 Å². The third-order valence-electron chi connectivity index (χ3n) is 2.79. The normalized spacial score (nSPS) is 10.2. The number of nitrogens with one attached hydrogen (secondary N) is 1. The van der Waals surface area contributed by atoms with Crippen LogP contribution in [0, 0.1) is 0 Å². The molecule has 0 aliphatic carbocycles. The summed E-state index contributed by atoms with van der Waals surface area (Å²) in [5.74, 6) is 0.473. The van der Waals surface area contributed by atoms with Crippen LogP contribution in [0.1, 0.15) is 23.2 Å². The average molecular weight is 291 g/mol. The molecule has 0 amide bonds. The van der Waals surface area contributed by atoms with Gasteiger partial charge in [-0.15, -0.1) is 0 Å². The summed E-state index contributed by atoms with van der Waals surface area (Å²) in [6, 6.07) is 3.16. The highest BCUT2D eigenvalue weighted by molar-refractivity contribution is 5.93. The van der Waals surface area contributed by atoms with Gasteiger partial charge in [0.15, 0.2) is 0 Å². The average Bonchev–Trinajstić information content (AvgIpc) is 2.99. The van der Waals surface area contributed by atoms with Gasteiger partial charge in [-0.25, -0.2) is 9.78 Å². The Hall–Kier alpha value is -2.70. The van der Waals surface area contributed by atoms with Crippen molar-refractivity contribution >= 4 is 17.3 Å². The van der Waals surface area contributed by atoms with Crippen LogP contribution in [0.5, 0.6) is 5.75 Å². The van der Waals surface area contributed by atoms with E-state index in [-0.39, 0.29) is 0 Å². The van der Waals surface area contributed by atoms with Gasteiger partial charge in [-0.3, -0.25) is 0 Å². The maximum absolute atomic E-state index is 11.8. The number of carbonyl (C=O) groups is 1. The van der Waals surface area contributed by atoms with E-state index in [1.54, 1.807) is 25.3 Å². The quantitative estimate of drug-likeness (QED) is 0.620. The molecule has 1 aromatic carbocycles. The van der Waals surface area contributed by atoms with Crippen LogP contribution in [0.2, 0.25) is 0 Å². The van der Waals surface area contributed by atoms with Gasteiger partial charge >= 0.3 is 5.97 Å². The number of hydrogen-bond acceptors (Lipinski definition) is 7. The van der Waals surface area contributed by atoms with Crippen molar-refractivity contribution in [2.75, 3.05) is 24.8 Å². The van der Waals surface area contributed by atoms with Gasteiger partial charge in [0, 0.05) is 0 Å². The molecular weight excluding hydrogens is 274 g/mol. The number of nitrogen functional groups attached to an aromatic ring is 1. The molecule has 0 spiro atoms. The third kappa shape index (κ3) is 3.44. The number of hydrogen-bond donors (Lipinski definition) is 2. The van der Waals surface area contributed by atoms with E-state index in [1.807, 2.05) is 0 Å². The molecule has 1 heterocycles. The lowest BCUT2D eigenvalue weighted by Crippen LogP contribution is -2.09. The molecule has 0 aliphatic rings. The summed E-state index contributed by atoms with van der Waals surface area (Å²) in [7, 11) is 1.48. The molecular formula is C14H17N3O4. The summed E-state index contributed by atoms with van der Waals surface area (Å²) in [5, 5.41) is 3.06. The number of anilines is 2. The number of nitrogens with zero attached hydrogens (tertiary/aromatic N) is 1. The Morgan fingerprint density at radius 1 is 1.48 bits per heavy atom. The standard InChI is InChI=1S/C14H17N3O4/c1-3-20-14(18)9-6-10(13(15)11(7-9)19-2)17-8-12-16-4-5-21-12/h4-7,17H,3,8,15H2,1-2H3. The minimum absolute atomic E-state index is 0.296. The van der Waals surface area contributed by atoms with Crippen LogP contribution in [0.15, 0.2) is 29.0 Å². The van der Waals surface area contributed by atoms with E-state index in [9.17, 15) is 4.79 Å². The highest BCUT2D eigenvalue weighted by Crippen LogP contribution is 2.32. The maximum Gasteiger partial charge on any atom is 0.338 e. The predicted molar refractivity (Wildman–Crippen MR) is 77.2 cm³/mol. The Labute approximate surface area is 122 Å². The van der Waals surface area contributed by atoms with Gasteiger partial charge in [-0.1, -0.05) is 0 Å². The maximum atomic E-state index is 11.8. The molecule has 1 aromatic heterocycles. The molecule has 0 unspecified atom stereocenters. The molecule has 7 nitrogen and oxygen atoms in total. The fourth-order valence-corrected chi connectivity index (χ4v) is 1.79. The Kier molecular flexibility index (Phi) is 4.65. The van der Waals surface area contributed by atoms with Crippen molar-refractivity contribution in [2.24, 2.45) is 0 Å². The van der Waals surface area contributed by atoms with E-state index in [4.69, 9.17) is 19.6 Å². The first-order valence-corrected chi connectivity index (χ1v) is 6.42. The fourth-order valence-electron chi connectivity index (χ4n) is 1.79. The Morgan fingerprint density at radius 2 is 2.29 bits per heavy atom. The molecule has 7 heteroatoms. The SMILES string of the molecule is CCOC(=O)c1cc(NCc2ncco2)c(N)c(OC)c1. The second kappa shape index (κ2) is 6.65. The van der Waals surface area contributed by atoms with E-state index in [0.29, 0.717) is 41.7 Å². The highest BCUT2D eigenvalue weighted by Gasteiger charge is 2.14. The lowest BCUT2D eigenvalue weighted by Gasteiger charge is -2.13. The van der Waals surface area contributed by atoms with Crippen molar-refractivity contribution < 1.29 is 18.7 Å². The number of nitrogens with two attached hydrogens (primary N) is 1. The van der Waals surface area contributed by atoms with Crippen LogP contribution in [0.3, 0.4) is 0 Å². The summed E-state index contributed by atoms with van der Waals surface area (Å²) in [4.78, 5) is 15.8. The molecule has 0 saturated carbocycles. The molecule has 0 fully saturated rings. The largest absolute Gasteiger partial charge is 0.494 e. The number of benzene rings is 1. The molecule has 21 heavy (non-hydrogen) atoms. The molecule has 0 aliphatic heterocycles. The van der Waals surface area contributed by atoms with E-state index < -0.39 is 5.97 Å². The van der Waals surface area contributed by atoms with E-state index in [0.717, 1.165) is 0 Å². The van der Waals surface area contributed by atoms with Crippen molar-refractivity contribution in [1.82, 2.24) is 4.98 Å². The van der Waals surface area contributed by atoms with Crippen molar-refractivity contribution in [3.63, 3.8) is 0 Å². The first kappa shape index (κ1) is 14.7. The van der Waals surface area contributed by atoms with E-state index >= 15 is 0 Å². The van der Waals surface area contributed by atoms with Crippen molar-refractivity contribution in [3.8, 4) is 5.75 Å². The zero-order valence-electron chi connectivity index (χ0n) is 11.9. The van der Waals surface area contributed by atoms with E-state index in [2.05, 4.69) is 10.3 Å². The molecule has 0 radical (unpaired) electrons. The number of esters is 1. The lowest BCUT2D eigenvalue weighted by atomic mass is 10.1. The van der Waals surface area contributed by atoms with Gasteiger partial charge in [0.2, 0.25) is 5.89 Å². The molecule has 2 rings (SSSR count). The Morgan fingerprint density at radius 3 is 2.90 bits per heavy atom. The van der Waals surface area contributed by atoms with Gasteiger partial charge in [0.05, 0.1) is 43.4 Å². The van der Waals surface area contributed by atoms with Crippen molar-refractivity contribution in [2.45, 2.75) is 13.5 Å². The first-order chi connectivity index (χ1) is 10.2. The zero-order chi connectivity index (χ0) is 15.2. The molecule has 2 aromatic rings. The predicted octanol–water partition coefficient (Wildman–Crippen LogP) is 2.05. The minimum Gasteiger partial charge on any atom is -0.494 e. The molecule has 0 saturated heterocycles. The van der Waals surface area contributed by atoms with Crippen LogP contribution in [0.4, 0.5) is 11.4 Å². The van der Waals surface area contributed by atoms with Gasteiger partial charge in [0.1, 0.15) is 12.0 Å². The Balaban J connectivity index is 2.25. The second-order valence-electron chi connectivity index (χ2n) is 4.14. The molecule has 0 atom stereocenters. The van der Waals surface area contributed by atoms with Crippen molar-refractivity contribution in [1.29, 1.82) is 0 Å². The Bertz CT molecular complexity index is 611. The molecule has 0 bridgehead atoms. The smallest absolute Gasteiger partial charge is 0.338 e. The number of aromatic nitrogens is 1. The minimum atomic E-state index is -0.435. The van der Waals surface area contributed by atoms with Crippen LogP contribution in [-0.2, 0) is 11.3 Å². The highest BCUT2D eigenvalue weighted by atomic mass is 16.5. The van der Waals surface area contributed by atoms with Crippen LogP contribution in [-0.4, -0.2) is 24.7 Å². The van der Waals surface area contributed by atoms with Gasteiger partial charge in [-0.2, -0.15) is 0 Å². The monoisotopic (exact) mass is 291 g/mol. The van der Waals surface area contributed by atoms with Crippen LogP contribution >= 0.6 is 0 Å². The third-order valence-corrected chi connectivity index (χ3v) is 2.79. The lowest BCUT2D eigenvalue weighted by molar-refractivity contribution is 0.0526. The number of methoxy groups -OCH3 is 1.